The molecule has 0 N–H and O–H groups in total. The highest BCUT2D eigenvalue weighted by Gasteiger charge is 2.06. The van der Waals surface area contributed by atoms with Crippen LogP contribution >= 0.6 is 24.2 Å². The van der Waals surface area contributed by atoms with Crippen LogP contribution in [-0.2, 0) is 0 Å². The molecule has 1 aromatic rings. The first-order chi connectivity index (χ1) is 5.13. The number of hydrogen-bond donors (Lipinski definition) is 1. The van der Waals surface area contributed by atoms with Crippen molar-refractivity contribution in [2.75, 3.05) is 0 Å². The minimum Gasteiger partial charge on any atom is -0.276 e. The SMILES string of the molecule is Cc1c(S)cccc1C(=O)Cl. The van der Waals surface area contributed by atoms with E-state index in [1.807, 2.05) is 13.0 Å². The average Bonchev–Trinajstić information content (AvgIpc) is 1.94. The second-order valence-corrected chi connectivity index (χ2v) is 3.05. The van der Waals surface area contributed by atoms with Crippen molar-refractivity contribution in [2.45, 2.75) is 11.8 Å². The summed E-state index contributed by atoms with van der Waals surface area (Å²) < 4.78 is 0. The van der Waals surface area contributed by atoms with E-state index in [-0.39, 0.29) is 0 Å². The van der Waals surface area contributed by atoms with Crippen molar-refractivity contribution in [3.05, 3.63) is 29.3 Å². The second-order valence-electron chi connectivity index (χ2n) is 2.22. The van der Waals surface area contributed by atoms with Gasteiger partial charge in [0.15, 0.2) is 0 Å². The molecule has 0 fully saturated rings. The molecule has 1 nitrogen and oxygen atoms in total. The number of rotatable bonds is 1. The van der Waals surface area contributed by atoms with Gasteiger partial charge in [-0.1, -0.05) is 6.07 Å². The van der Waals surface area contributed by atoms with Crippen LogP contribution in [0.15, 0.2) is 23.1 Å². The lowest BCUT2D eigenvalue weighted by molar-refractivity contribution is 0.108. The molecule has 0 aliphatic carbocycles. The Morgan fingerprint density at radius 1 is 1.55 bits per heavy atom. The highest BCUT2D eigenvalue weighted by atomic mass is 35.5. The van der Waals surface area contributed by atoms with Crippen molar-refractivity contribution in [1.29, 1.82) is 0 Å². The summed E-state index contributed by atoms with van der Waals surface area (Å²) in [5, 5.41) is -0.432. The van der Waals surface area contributed by atoms with Crippen molar-refractivity contribution >= 4 is 29.5 Å². The van der Waals surface area contributed by atoms with Gasteiger partial charge >= 0.3 is 0 Å². The Hall–Kier alpha value is -0.470. The standard InChI is InChI=1S/C8H7ClOS/c1-5-6(8(9)10)3-2-4-7(5)11/h2-4,11H,1H3. The van der Waals surface area contributed by atoms with E-state index in [1.54, 1.807) is 12.1 Å². The van der Waals surface area contributed by atoms with Crippen molar-refractivity contribution in [3.8, 4) is 0 Å². The fraction of sp³-hybridized carbons (Fsp3) is 0.125. The van der Waals surface area contributed by atoms with Crippen LogP contribution in [0.5, 0.6) is 0 Å². The first kappa shape index (κ1) is 8.62. The maximum atomic E-state index is 10.7. The van der Waals surface area contributed by atoms with Crippen LogP contribution in [0.25, 0.3) is 0 Å². The molecule has 0 atom stereocenters. The van der Waals surface area contributed by atoms with E-state index in [1.165, 1.54) is 0 Å². The zero-order valence-electron chi connectivity index (χ0n) is 5.97. The minimum atomic E-state index is -0.432. The molecule has 0 bridgehead atoms. The Labute approximate surface area is 75.8 Å². The predicted octanol–water partition coefficient (Wildman–Crippen LogP) is 2.66. The van der Waals surface area contributed by atoms with Crippen LogP contribution in [0.3, 0.4) is 0 Å². The van der Waals surface area contributed by atoms with Crippen molar-refractivity contribution in [3.63, 3.8) is 0 Å². The van der Waals surface area contributed by atoms with Crippen LogP contribution in [0.1, 0.15) is 15.9 Å². The van der Waals surface area contributed by atoms with E-state index in [4.69, 9.17) is 11.6 Å². The third-order valence-electron chi connectivity index (χ3n) is 1.52. The van der Waals surface area contributed by atoms with Crippen molar-refractivity contribution in [2.24, 2.45) is 0 Å². The molecule has 3 heteroatoms. The molecule has 0 unspecified atom stereocenters. The van der Waals surface area contributed by atoms with Crippen molar-refractivity contribution < 1.29 is 4.79 Å². The average molecular weight is 187 g/mol. The lowest BCUT2D eigenvalue weighted by Gasteiger charge is -2.01. The van der Waals surface area contributed by atoms with Gasteiger partial charge in [0.05, 0.1) is 0 Å². The molecular weight excluding hydrogens is 180 g/mol. The maximum Gasteiger partial charge on any atom is 0.252 e. The van der Waals surface area contributed by atoms with Crippen LogP contribution in [0.4, 0.5) is 0 Å². The molecule has 1 aromatic carbocycles. The topological polar surface area (TPSA) is 17.1 Å². The summed E-state index contributed by atoms with van der Waals surface area (Å²) in [6.45, 7) is 1.82. The van der Waals surface area contributed by atoms with E-state index < -0.39 is 5.24 Å². The highest BCUT2D eigenvalue weighted by molar-refractivity contribution is 7.80. The van der Waals surface area contributed by atoms with Gasteiger partial charge in [-0.05, 0) is 36.2 Å². The third kappa shape index (κ3) is 1.76. The lowest BCUT2D eigenvalue weighted by atomic mass is 10.1. The number of carbonyl (C=O) groups excluding carboxylic acids is 1. The summed E-state index contributed by atoms with van der Waals surface area (Å²) in [6.07, 6.45) is 0. The zero-order chi connectivity index (χ0) is 8.43. The number of hydrogen-bond acceptors (Lipinski definition) is 2. The Kier molecular flexibility index (Phi) is 2.58. The Morgan fingerprint density at radius 3 is 2.64 bits per heavy atom. The van der Waals surface area contributed by atoms with Gasteiger partial charge in [-0.15, -0.1) is 12.6 Å². The first-order valence-corrected chi connectivity index (χ1v) is 3.94. The zero-order valence-corrected chi connectivity index (χ0v) is 7.62. The van der Waals surface area contributed by atoms with Gasteiger partial charge in [0.2, 0.25) is 0 Å². The number of halogens is 1. The second kappa shape index (κ2) is 3.28. The highest BCUT2D eigenvalue weighted by Crippen LogP contribution is 2.18. The Balaban J connectivity index is 3.27. The first-order valence-electron chi connectivity index (χ1n) is 3.11. The van der Waals surface area contributed by atoms with Crippen LogP contribution in [-0.4, -0.2) is 5.24 Å². The van der Waals surface area contributed by atoms with E-state index in [0.717, 1.165) is 10.5 Å². The van der Waals surface area contributed by atoms with Gasteiger partial charge in [-0.25, -0.2) is 0 Å². The maximum absolute atomic E-state index is 10.7. The molecule has 0 amide bonds. The van der Waals surface area contributed by atoms with E-state index in [2.05, 4.69) is 12.6 Å². The van der Waals surface area contributed by atoms with Gasteiger partial charge in [-0.3, -0.25) is 4.79 Å². The summed E-state index contributed by atoms with van der Waals surface area (Å²) in [5.74, 6) is 0. The predicted molar refractivity (Wildman–Crippen MR) is 48.6 cm³/mol. The minimum absolute atomic E-state index is 0.432. The van der Waals surface area contributed by atoms with E-state index in [0.29, 0.717) is 5.56 Å². The van der Waals surface area contributed by atoms with Crippen LogP contribution in [0.2, 0.25) is 0 Å². The molecule has 0 saturated carbocycles. The summed E-state index contributed by atoms with van der Waals surface area (Å²) in [4.78, 5) is 11.5. The molecule has 0 aliphatic rings. The van der Waals surface area contributed by atoms with Gasteiger partial charge in [0.1, 0.15) is 0 Å². The van der Waals surface area contributed by atoms with Gasteiger partial charge < -0.3 is 0 Å². The fourth-order valence-electron chi connectivity index (χ4n) is 0.836. The molecule has 0 spiro atoms. The third-order valence-corrected chi connectivity index (χ3v) is 2.21. The van der Waals surface area contributed by atoms with E-state index >= 15 is 0 Å². The number of thiol groups is 1. The molecule has 1 rings (SSSR count). The molecule has 11 heavy (non-hydrogen) atoms. The molecule has 0 radical (unpaired) electrons. The number of carbonyl (C=O) groups is 1. The van der Waals surface area contributed by atoms with E-state index in [9.17, 15) is 4.79 Å². The molecular formula is C8H7ClOS. The van der Waals surface area contributed by atoms with Crippen molar-refractivity contribution in [1.82, 2.24) is 0 Å². The quantitative estimate of drug-likeness (QED) is 0.527. The Morgan fingerprint density at radius 2 is 2.18 bits per heavy atom. The largest absolute Gasteiger partial charge is 0.276 e. The smallest absolute Gasteiger partial charge is 0.252 e. The molecule has 0 aliphatic heterocycles. The Bertz CT molecular complexity index is 296. The molecule has 0 saturated heterocycles. The normalized spacial score (nSPS) is 9.73. The summed E-state index contributed by atoms with van der Waals surface area (Å²) in [5.41, 5.74) is 1.36. The summed E-state index contributed by atoms with van der Waals surface area (Å²) in [7, 11) is 0. The number of benzene rings is 1. The summed E-state index contributed by atoms with van der Waals surface area (Å²) in [6, 6.07) is 5.26. The van der Waals surface area contributed by atoms with Gasteiger partial charge in [0.25, 0.3) is 5.24 Å². The van der Waals surface area contributed by atoms with Gasteiger partial charge in [0, 0.05) is 10.5 Å². The van der Waals surface area contributed by atoms with Gasteiger partial charge in [-0.2, -0.15) is 0 Å². The van der Waals surface area contributed by atoms with Crippen LogP contribution in [0, 0.1) is 6.92 Å². The monoisotopic (exact) mass is 186 g/mol. The van der Waals surface area contributed by atoms with Crippen LogP contribution < -0.4 is 0 Å². The lowest BCUT2D eigenvalue weighted by Crippen LogP contribution is -1.93. The fourth-order valence-corrected chi connectivity index (χ4v) is 1.25. The molecule has 0 heterocycles. The summed E-state index contributed by atoms with van der Waals surface area (Å²) >= 11 is 9.46. The molecule has 0 aromatic heterocycles. The molecule has 58 valence electrons.